The Hall–Kier alpha value is -3.60. The molecule has 1 aromatic heterocycles. The van der Waals surface area contributed by atoms with Crippen LogP contribution in [-0.2, 0) is 10.3 Å². The van der Waals surface area contributed by atoms with Gasteiger partial charge in [0.15, 0.2) is 0 Å². The average molecular weight is 422 g/mol. The van der Waals surface area contributed by atoms with Gasteiger partial charge in [-0.2, -0.15) is 0 Å². The summed E-state index contributed by atoms with van der Waals surface area (Å²) in [7, 11) is 0. The van der Waals surface area contributed by atoms with E-state index in [9.17, 15) is 9.18 Å². The maximum atomic E-state index is 14.7. The lowest BCUT2D eigenvalue weighted by Crippen LogP contribution is -2.35. The number of rotatable bonds is 5. The molecule has 7 nitrogen and oxygen atoms in total. The van der Waals surface area contributed by atoms with Gasteiger partial charge in [0.25, 0.3) is 11.9 Å². The number of fused-ring (bicyclic) bond motifs is 1. The van der Waals surface area contributed by atoms with E-state index in [2.05, 4.69) is 27.1 Å². The minimum atomic E-state index is -0.841. The number of halogens is 1. The lowest BCUT2D eigenvalue weighted by molar-refractivity contribution is 0.102. The molecule has 3 N–H and O–H groups in total. The Balaban J connectivity index is 1.55. The fourth-order valence-corrected chi connectivity index (χ4v) is 3.89. The number of amides is 1. The summed E-state index contributed by atoms with van der Waals surface area (Å²) in [6, 6.07) is 6.21. The third-order valence-electron chi connectivity index (χ3n) is 5.59. The minimum Gasteiger partial charge on any atom is -0.479 e. The molecular weight excluding hydrogens is 399 g/mol. The highest BCUT2D eigenvalue weighted by atomic mass is 19.1. The molecule has 4 rings (SSSR count). The molecule has 3 atom stereocenters. The Morgan fingerprint density at radius 3 is 3.00 bits per heavy atom. The number of aryl methyl sites for hydroxylation is 1. The second-order valence-corrected chi connectivity index (χ2v) is 7.80. The number of hydrogen-bond acceptors (Lipinski definition) is 6. The van der Waals surface area contributed by atoms with Crippen LogP contribution in [0.1, 0.15) is 41.9 Å². The van der Waals surface area contributed by atoms with Crippen molar-refractivity contribution in [1.82, 2.24) is 4.98 Å². The third kappa shape index (κ3) is 4.04. The van der Waals surface area contributed by atoms with Crippen LogP contribution in [0.5, 0.6) is 5.75 Å². The molecule has 0 saturated heterocycles. The van der Waals surface area contributed by atoms with Crippen LogP contribution in [-0.4, -0.2) is 29.6 Å². The highest BCUT2D eigenvalue weighted by molar-refractivity contribution is 6.03. The fraction of sp³-hybridized carbons (Fsp3) is 0.348. The molecule has 31 heavy (non-hydrogen) atoms. The number of hydrogen-bond donors (Lipinski definition) is 2. The van der Waals surface area contributed by atoms with Crippen molar-refractivity contribution in [3.63, 3.8) is 0 Å². The van der Waals surface area contributed by atoms with Crippen LogP contribution in [0.2, 0.25) is 0 Å². The van der Waals surface area contributed by atoms with Crippen molar-refractivity contribution < 1.29 is 18.7 Å². The quantitative estimate of drug-likeness (QED) is 0.722. The van der Waals surface area contributed by atoms with Crippen LogP contribution >= 0.6 is 0 Å². The predicted molar refractivity (Wildman–Crippen MR) is 114 cm³/mol. The molecule has 1 saturated carbocycles. The van der Waals surface area contributed by atoms with Gasteiger partial charge in [0.1, 0.15) is 30.0 Å². The van der Waals surface area contributed by atoms with E-state index >= 15 is 0 Å². The fourth-order valence-electron chi connectivity index (χ4n) is 3.89. The Labute approximate surface area is 179 Å². The van der Waals surface area contributed by atoms with Gasteiger partial charge >= 0.3 is 0 Å². The molecule has 1 aromatic carbocycles. The molecule has 1 amide bonds. The van der Waals surface area contributed by atoms with Gasteiger partial charge in [-0.3, -0.25) is 4.79 Å². The molecule has 2 heterocycles. The number of aromatic nitrogens is 1. The first-order valence-corrected chi connectivity index (χ1v) is 9.94. The zero-order valence-electron chi connectivity index (χ0n) is 17.5. The van der Waals surface area contributed by atoms with Crippen molar-refractivity contribution in [3.8, 4) is 17.6 Å². The van der Waals surface area contributed by atoms with Crippen molar-refractivity contribution in [2.45, 2.75) is 38.8 Å². The van der Waals surface area contributed by atoms with E-state index in [-0.39, 0.29) is 30.3 Å². The smallest absolute Gasteiger partial charge is 0.283 e. The lowest BCUT2D eigenvalue weighted by atomic mass is 9.86. The van der Waals surface area contributed by atoms with Crippen LogP contribution < -0.4 is 15.8 Å². The van der Waals surface area contributed by atoms with Gasteiger partial charge < -0.3 is 20.5 Å². The van der Waals surface area contributed by atoms with Gasteiger partial charge in [0, 0.05) is 17.2 Å². The first kappa shape index (κ1) is 20.7. The predicted octanol–water partition coefficient (Wildman–Crippen LogP) is 3.13. The summed E-state index contributed by atoms with van der Waals surface area (Å²) < 4.78 is 25.6. The second-order valence-electron chi connectivity index (χ2n) is 7.80. The molecule has 1 aliphatic heterocycles. The summed E-state index contributed by atoms with van der Waals surface area (Å²) in [5, 5.41) is 2.79. The van der Waals surface area contributed by atoms with E-state index in [1.807, 2.05) is 6.92 Å². The van der Waals surface area contributed by atoms with Crippen molar-refractivity contribution in [2.75, 3.05) is 11.9 Å². The number of nitrogens with zero attached hydrogens (tertiary/aromatic N) is 2. The first-order chi connectivity index (χ1) is 14.8. The summed E-state index contributed by atoms with van der Waals surface area (Å²) in [5.74, 6) is 5.31. The zero-order valence-corrected chi connectivity index (χ0v) is 17.5. The zero-order chi connectivity index (χ0) is 22.2. The molecule has 8 heteroatoms. The monoisotopic (exact) mass is 422 g/mol. The first-order valence-electron chi connectivity index (χ1n) is 9.94. The average Bonchev–Trinajstić information content (AvgIpc) is 3.50. The van der Waals surface area contributed by atoms with Gasteiger partial charge in [-0.15, -0.1) is 5.92 Å². The van der Waals surface area contributed by atoms with E-state index in [0.717, 1.165) is 6.42 Å². The number of nitrogens with two attached hydrogens (primary N) is 1. The van der Waals surface area contributed by atoms with E-state index in [1.54, 1.807) is 26.0 Å². The minimum absolute atomic E-state index is 0.0453. The summed E-state index contributed by atoms with van der Waals surface area (Å²) >= 11 is 0. The van der Waals surface area contributed by atoms with Gasteiger partial charge in [-0.05, 0) is 57.0 Å². The number of carbonyl (C=O) groups is 1. The Morgan fingerprint density at radius 2 is 2.26 bits per heavy atom. The highest BCUT2D eigenvalue weighted by Gasteiger charge is 2.57. The van der Waals surface area contributed by atoms with Gasteiger partial charge in [0.2, 0.25) is 0 Å². The molecule has 160 valence electrons. The largest absolute Gasteiger partial charge is 0.479 e. The number of anilines is 1. The third-order valence-corrected chi connectivity index (χ3v) is 5.59. The van der Waals surface area contributed by atoms with Crippen LogP contribution in [0.3, 0.4) is 0 Å². The molecule has 0 radical (unpaired) electrons. The number of pyridine rings is 1. The normalized spacial score (nSPS) is 23.4. The number of amidine groups is 1. The maximum absolute atomic E-state index is 14.7. The number of aliphatic imine (C=N–C) groups is 1. The summed E-state index contributed by atoms with van der Waals surface area (Å²) in [6.45, 7) is 5.59. The Morgan fingerprint density at radius 1 is 1.45 bits per heavy atom. The summed E-state index contributed by atoms with van der Waals surface area (Å²) in [4.78, 5) is 21.4. The summed E-state index contributed by atoms with van der Waals surface area (Å²) in [5.41, 5.74) is 6.66. The summed E-state index contributed by atoms with van der Waals surface area (Å²) in [6.07, 6.45) is 2.19. The molecule has 0 bridgehead atoms. The maximum Gasteiger partial charge on any atom is 0.283 e. The number of ether oxygens (including phenoxy) is 2. The molecule has 0 spiro atoms. The van der Waals surface area contributed by atoms with Crippen molar-refractivity contribution in [3.05, 3.63) is 53.1 Å². The van der Waals surface area contributed by atoms with E-state index in [1.165, 1.54) is 18.3 Å². The lowest BCUT2D eigenvalue weighted by Gasteiger charge is -2.30. The van der Waals surface area contributed by atoms with E-state index < -0.39 is 17.3 Å². The molecule has 1 fully saturated rings. The topological polar surface area (TPSA) is 98.8 Å². The van der Waals surface area contributed by atoms with Crippen LogP contribution in [0.15, 0.2) is 35.5 Å². The van der Waals surface area contributed by atoms with Crippen molar-refractivity contribution >= 4 is 17.6 Å². The van der Waals surface area contributed by atoms with Crippen LogP contribution in [0, 0.1) is 30.5 Å². The molecular formula is C23H23FN4O3. The van der Waals surface area contributed by atoms with E-state index in [0.29, 0.717) is 22.6 Å². The van der Waals surface area contributed by atoms with Gasteiger partial charge in [0.05, 0.1) is 11.7 Å². The van der Waals surface area contributed by atoms with Crippen LogP contribution in [0.4, 0.5) is 10.1 Å². The molecule has 2 aliphatic rings. The molecule has 2 aromatic rings. The highest BCUT2D eigenvalue weighted by Crippen LogP contribution is 2.53. The van der Waals surface area contributed by atoms with E-state index in [4.69, 9.17) is 15.2 Å². The van der Waals surface area contributed by atoms with Gasteiger partial charge in [-0.25, -0.2) is 14.4 Å². The van der Waals surface area contributed by atoms with Crippen molar-refractivity contribution in [1.29, 1.82) is 0 Å². The van der Waals surface area contributed by atoms with Gasteiger partial charge in [-0.1, -0.05) is 5.92 Å². The molecule has 2 unspecified atom stereocenters. The van der Waals surface area contributed by atoms with Crippen molar-refractivity contribution in [2.24, 2.45) is 16.6 Å². The van der Waals surface area contributed by atoms with Crippen LogP contribution in [0.25, 0.3) is 0 Å². The second kappa shape index (κ2) is 7.91. The Bertz CT molecular complexity index is 1140. The number of carbonyl (C=O) groups excluding carboxylic acids is 1. The number of benzene rings is 1. The molecule has 1 aliphatic carbocycles. The Kier molecular flexibility index (Phi) is 5.27. The number of nitrogens with one attached hydrogen (secondary N) is 1. The SMILES string of the molecule is CC#CCOc1cnc(C(=O)Nc2ccc(F)c(C3(C)N=C(N)OC4C[C@H]43)c2)c(C)c1. The standard InChI is InChI=1S/C23H23FN4O3/c1-4-5-8-30-15-9-13(2)20(26-12-15)21(29)27-14-6-7-18(24)16(10-14)23(3)17-11-19(17)31-22(25)28-23/h6-7,9-10,12,17,19H,8,11H2,1-3H3,(H2,25,28)(H,27,29)/t17-,19?,23?/m1/s1.